The van der Waals surface area contributed by atoms with Crippen LogP contribution in [0.1, 0.15) is 43.5 Å². The van der Waals surface area contributed by atoms with E-state index in [1.165, 1.54) is 11.1 Å². The van der Waals surface area contributed by atoms with Crippen molar-refractivity contribution in [2.24, 2.45) is 0 Å². The van der Waals surface area contributed by atoms with Gasteiger partial charge in [-0.25, -0.2) is 0 Å². The third-order valence-electron chi connectivity index (χ3n) is 3.49. The summed E-state index contributed by atoms with van der Waals surface area (Å²) in [4.78, 5) is 0. The zero-order chi connectivity index (χ0) is 14.5. The highest BCUT2D eigenvalue weighted by atomic mass is 79.9. The summed E-state index contributed by atoms with van der Waals surface area (Å²) in [5, 5.41) is 3.71. The Morgan fingerprint density at radius 2 is 1.75 bits per heavy atom. The van der Waals surface area contributed by atoms with Crippen LogP contribution in [0.2, 0.25) is 0 Å². The number of halogens is 2. The van der Waals surface area contributed by atoms with Gasteiger partial charge in [0.05, 0.1) is 0 Å². The lowest BCUT2D eigenvalue weighted by atomic mass is 10.0. The van der Waals surface area contributed by atoms with Crippen molar-refractivity contribution in [3.8, 4) is 0 Å². The molecular formula is C17H19Br2N. The fraction of sp³-hybridized carbons (Fsp3) is 0.294. The van der Waals surface area contributed by atoms with E-state index in [0.717, 1.165) is 15.4 Å². The van der Waals surface area contributed by atoms with Gasteiger partial charge in [0.2, 0.25) is 0 Å². The molecule has 1 nitrogen and oxygen atoms in total. The second kappa shape index (κ2) is 7.39. The van der Waals surface area contributed by atoms with Gasteiger partial charge in [0.15, 0.2) is 0 Å². The van der Waals surface area contributed by atoms with E-state index in [1.807, 2.05) is 0 Å². The van der Waals surface area contributed by atoms with E-state index in [1.54, 1.807) is 0 Å². The molecule has 0 aliphatic heterocycles. The molecular weight excluding hydrogens is 378 g/mol. The highest BCUT2D eigenvalue weighted by molar-refractivity contribution is 9.11. The summed E-state index contributed by atoms with van der Waals surface area (Å²) in [6.07, 6.45) is 1.07. The molecule has 0 fully saturated rings. The van der Waals surface area contributed by atoms with Crippen LogP contribution < -0.4 is 5.32 Å². The molecule has 0 radical (unpaired) electrons. The van der Waals surface area contributed by atoms with E-state index < -0.39 is 0 Å². The Kier molecular flexibility index (Phi) is 5.82. The van der Waals surface area contributed by atoms with Crippen molar-refractivity contribution >= 4 is 31.9 Å². The van der Waals surface area contributed by atoms with Gasteiger partial charge in [-0.15, -0.1) is 0 Å². The van der Waals surface area contributed by atoms with E-state index in [-0.39, 0.29) is 0 Å². The first kappa shape index (κ1) is 15.7. The normalized spacial score (nSPS) is 14.0. The van der Waals surface area contributed by atoms with Gasteiger partial charge in [0.1, 0.15) is 0 Å². The minimum Gasteiger partial charge on any atom is -0.303 e. The van der Waals surface area contributed by atoms with E-state index in [0.29, 0.717) is 12.1 Å². The minimum absolute atomic E-state index is 0.294. The van der Waals surface area contributed by atoms with Crippen LogP contribution in [-0.2, 0) is 0 Å². The Balaban J connectivity index is 2.15. The van der Waals surface area contributed by atoms with Crippen molar-refractivity contribution in [3.05, 3.63) is 68.6 Å². The van der Waals surface area contributed by atoms with Crippen LogP contribution in [-0.4, -0.2) is 0 Å². The molecule has 106 valence electrons. The molecule has 3 heteroatoms. The first-order valence-corrected chi connectivity index (χ1v) is 8.46. The minimum atomic E-state index is 0.294. The predicted molar refractivity (Wildman–Crippen MR) is 92.9 cm³/mol. The van der Waals surface area contributed by atoms with Crippen LogP contribution in [0.5, 0.6) is 0 Å². The average Bonchev–Trinajstić information content (AvgIpc) is 2.45. The van der Waals surface area contributed by atoms with Gasteiger partial charge in [-0.05, 0) is 36.6 Å². The Labute approximate surface area is 138 Å². The molecule has 0 aromatic heterocycles. The maximum Gasteiger partial charge on any atom is 0.0323 e. The van der Waals surface area contributed by atoms with Crippen molar-refractivity contribution in [1.29, 1.82) is 0 Å². The first-order valence-electron chi connectivity index (χ1n) is 6.87. The number of hydrogen-bond donors (Lipinski definition) is 1. The van der Waals surface area contributed by atoms with Crippen molar-refractivity contribution in [2.45, 2.75) is 32.4 Å². The van der Waals surface area contributed by atoms with E-state index in [9.17, 15) is 0 Å². The Bertz CT molecular complexity index is 554. The fourth-order valence-electron chi connectivity index (χ4n) is 2.38. The maximum atomic E-state index is 3.71. The maximum absolute atomic E-state index is 3.71. The van der Waals surface area contributed by atoms with Gasteiger partial charge in [0, 0.05) is 21.0 Å². The number of hydrogen-bond acceptors (Lipinski definition) is 1. The summed E-state index contributed by atoms with van der Waals surface area (Å²) in [6.45, 7) is 4.42. The molecule has 2 aromatic carbocycles. The zero-order valence-electron chi connectivity index (χ0n) is 11.7. The monoisotopic (exact) mass is 395 g/mol. The van der Waals surface area contributed by atoms with Crippen molar-refractivity contribution in [1.82, 2.24) is 5.32 Å². The Morgan fingerprint density at radius 3 is 2.35 bits per heavy atom. The molecule has 2 atom stereocenters. The van der Waals surface area contributed by atoms with Crippen molar-refractivity contribution < 1.29 is 0 Å². The first-order chi connectivity index (χ1) is 9.61. The molecule has 0 heterocycles. The smallest absolute Gasteiger partial charge is 0.0323 e. The number of benzene rings is 2. The van der Waals surface area contributed by atoms with Crippen LogP contribution in [0.4, 0.5) is 0 Å². The third kappa shape index (κ3) is 3.94. The summed E-state index contributed by atoms with van der Waals surface area (Å²) in [5.41, 5.74) is 2.62. The molecule has 0 amide bonds. The summed E-state index contributed by atoms with van der Waals surface area (Å²) in [5.74, 6) is 0. The summed E-state index contributed by atoms with van der Waals surface area (Å²) < 4.78 is 2.23. The molecule has 2 aromatic rings. The number of rotatable bonds is 5. The quantitative estimate of drug-likeness (QED) is 0.651. The van der Waals surface area contributed by atoms with Crippen LogP contribution in [0, 0.1) is 0 Å². The summed E-state index contributed by atoms with van der Waals surface area (Å²) in [7, 11) is 0. The van der Waals surface area contributed by atoms with Crippen LogP contribution in [0.3, 0.4) is 0 Å². The Morgan fingerprint density at radius 1 is 1.05 bits per heavy atom. The van der Waals surface area contributed by atoms with Crippen LogP contribution in [0.15, 0.2) is 57.5 Å². The van der Waals surface area contributed by atoms with Gasteiger partial charge >= 0.3 is 0 Å². The van der Waals surface area contributed by atoms with E-state index in [4.69, 9.17) is 0 Å². The average molecular weight is 397 g/mol. The SMILES string of the molecule is CCC(NC(C)c1ccc(Br)cc1Br)c1ccccc1. The molecule has 0 bridgehead atoms. The van der Waals surface area contributed by atoms with E-state index in [2.05, 4.69) is 99.6 Å². The lowest BCUT2D eigenvalue weighted by molar-refractivity contribution is 0.455. The van der Waals surface area contributed by atoms with Gasteiger partial charge in [-0.2, -0.15) is 0 Å². The highest BCUT2D eigenvalue weighted by Gasteiger charge is 2.15. The topological polar surface area (TPSA) is 12.0 Å². The largest absolute Gasteiger partial charge is 0.303 e. The summed E-state index contributed by atoms with van der Waals surface area (Å²) in [6, 6.07) is 17.6. The molecule has 2 unspecified atom stereocenters. The van der Waals surface area contributed by atoms with Gasteiger partial charge in [-0.1, -0.05) is 75.2 Å². The molecule has 0 saturated carbocycles. The van der Waals surface area contributed by atoms with Gasteiger partial charge in [-0.3, -0.25) is 0 Å². The molecule has 0 aliphatic carbocycles. The molecule has 0 saturated heterocycles. The van der Waals surface area contributed by atoms with Gasteiger partial charge < -0.3 is 5.32 Å². The fourth-order valence-corrected chi connectivity index (χ4v) is 3.77. The van der Waals surface area contributed by atoms with Gasteiger partial charge in [0.25, 0.3) is 0 Å². The molecule has 0 spiro atoms. The third-order valence-corrected chi connectivity index (χ3v) is 4.67. The molecule has 20 heavy (non-hydrogen) atoms. The lowest BCUT2D eigenvalue weighted by Crippen LogP contribution is -2.24. The standard InChI is InChI=1S/C17H19Br2N/c1-3-17(13-7-5-4-6-8-13)20-12(2)15-10-9-14(18)11-16(15)19/h4-12,17,20H,3H2,1-2H3. The Hall–Kier alpha value is -0.640. The predicted octanol–water partition coefficient (Wildman–Crippen LogP) is 6.01. The second-order valence-corrected chi connectivity index (χ2v) is 6.70. The molecule has 2 rings (SSSR count). The van der Waals surface area contributed by atoms with Crippen LogP contribution >= 0.6 is 31.9 Å². The van der Waals surface area contributed by atoms with Crippen LogP contribution in [0.25, 0.3) is 0 Å². The zero-order valence-corrected chi connectivity index (χ0v) is 14.9. The second-order valence-electron chi connectivity index (χ2n) is 4.93. The number of nitrogens with one attached hydrogen (secondary N) is 1. The highest BCUT2D eigenvalue weighted by Crippen LogP contribution is 2.29. The van der Waals surface area contributed by atoms with Crippen molar-refractivity contribution in [2.75, 3.05) is 0 Å². The molecule has 1 N–H and O–H groups in total. The van der Waals surface area contributed by atoms with E-state index >= 15 is 0 Å². The summed E-state index contributed by atoms with van der Waals surface area (Å²) >= 11 is 7.14. The lowest BCUT2D eigenvalue weighted by Gasteiger charge is -2.24. The van der Waals surface area contributed by atoms with Crippen molar-refractivity contribution in [3.63, 3.8) is 0 Å². The molecule has 0 aliphatic rings.